The first-order chi connectivity index (χ1) is 5.83. The molecule has 1 rings (SSSR count). The average molecular weight is 202 g/mol. The van der Waals surface area contributed by atoms with Gasteiger partial charge in [-0.25, -0.2) is 4.98 Å². The monoisotopic (exact) mass is 202 g/mol. The van der Waals surface area contributed by atoms with Crippen LogP contribution >= 0.6 is 23.1 Å². The summed E-state index contributed by atoms with van der Waals surface area (Å²) >= 11 is 3.54. The van der Waals surface area contributed by atoms with Crippen LogP contribution in [0.4, 0.5) is 5.13 Å². The summed E-state index contributed by atoms with van der Waals surface area (Å²) in [6, 6.07) is 0. The Morgan fingerprint density at radius 1 is 1.75 bits per heavy atom. The Kier molecular flexibility index (Phi) is 4.46. The van der Waals surface area contributed by atoms with Crippen molar-refractivity contribution >= 4 is 28.2 Å². The molecule has 1 atom stereocenters. The second kappa shape index (κ2) is 5.43. The zero-order chi connectivity index (χ0) is 8.81. The van der Waals surface area contributed by atoms with Crippen molar-refractivity contribution in [3.8, 4) is 0 Å². The van der Waals surface area contributed by atoms with Crippen LogP contribution in [0, 0.1) is 5.92 Å². The number of thiazole rings is 1. The second-order valence-corrected chi connectivity index (χ2v) is 4.58. The molecule has 2 nitrogen and oxygen atoms in total. The minimum atomic E-state index is 0.712. The molecule has 1 aromatic rings. The largest absolute Gasteiger partial charge is 0.361 e. The predicted octanol–water partition coefficient (Wildman–Crippen LogP) is 2.55. The van der Waals surface area contributed by atoms with Crippen LogP contribution in [-0.2, 0) is 0 Å². The van der Waals surface area contributed by atoms with Crippen LogP contribution in [-0.4, -0.2) is 23.5 Å². The first-order valence-corrected chi connectivity index (χ1v) is 6.22. The van der Waals surface area contributed by atoms with E-state index in [0.29, 0.717) is 5.92 Å². The molecule has 68 valence electrons. The highest BCUT2D eigenvalue weighted by Crippen LogP contribution is 2.12. The third kappa shape index (κ3) is 3.45. The van der Waals surface area contributed by atoms with Gasteiger partial charge in [-0.1, -0.05) is 6.92 Å². The van der Waals surface area contributed by atoms with E-state index in [-0.39, 0.29) is 0 Å². The smallest absolute Gasteiger partial charge is 0.182 e. The molecule has 1 heterocycles. The normalized spacial score (nSPS) is 12.8. The van der Waals surface area contributed by atoms with Crippen LogP contribution in [0.2, 0.25) is 0 Å². The Bertz CT molecular complexity index is 199. The Balaban J connectivity index is 2.17. The van der Waals surface area contributed by atoms with Gasteiger partial charge in [-0.15, -0.1) is 11.3 Å². The maximum atomic E-state index is 4.15. The molecule has 0 radical (unpaired) electrons. The lowest BCUT2D eigenvalue weighted by molar-refractivity contribution is 0.701. The van der Waals surface area contributed by atoms with Gasteiger partial charge in [0.05, 0.1) is 0 Å². The summed E-state index contributed by atoms with van der Waals surface area (Å²) in [4.78, 5) is 4.15. The van der Waals surface area contributed by atoms with Crippen molar-refractivity contribution in [3.63, 3.8) is 0 Å². The molecule has 0 aliphatic heterocycles. The summed E-state index contributed by atoms with van der Waals surface area (Å²) in [5.41, 5.74) is 0. The SMILES string of the molecule is CSCC(C)CNc1nccs1. The van der Waals surface area contributed by atoms with Gasteiger partial charge in [0.25, 0.3) is 0 Å². The predicted molar refractivity (Wildman–Crippen MR) is 58.1 cm³/mol. The van der Waals surface area contributed by atoms with Crippen molar-refractivity contribution in [3.05, 3.63) is 11.6 Å². The number of nitrogens with zero attached hydrogens (tertiary/aromatic N) is 1. The van der Waals surface area contributed by atoms with Crippen molar-refractivity contribution < 1.29 is 0 Å². The van der Waals surface area contributed by atoms with E-state index < -0.39 is 0 Å². The van der Waals surface area contributed by atoms with Crippen molar-refractivity contribution in [2.45, 2.75) is 6.92 Å². The second-order valence-electron chi connectivity index (χ2n) is 2.78. The van der Waals surface area contributed by atoms with E-state index in [1.807, 2.05) is 23.3 Å². The summed E-state index contributed by atoms with van der Waals surface area (Å²) in [6.07, 6.45) is 3.96. The number of nitrogens with one attached hydrogen (secondary N) is 1. The molecule has 12 heavy (non-hydrogen) atoms. The lowest BCUT2D eigenvalue weighted by atomic mass is 10.2. The Hall–Kier alpha value is -0.220. The highest BCUT2D eigenvalue weighted by molar-refractivity contribution is 7.98. The molecule has 0 aromatic carbocycles. The Morgan fingerprint density at radius 3 is 3.17 bits per heavy atom. The number of aromatic nitrogens is 1. The standard InChI is InChI=1S/C8H14N2S2/c1-7(6-11-2)5-10-8-9-3-4-12-8/h3-4,7H,5-6H2,1-2H3,(H,9,10). The number of anilines is 1. The van der Waals surface area contributed by atoms with E-state index in [1.54, 1.807) is 11.3 Å². The molecule has 0 aliphatic carbocycles. The van der Waals surface area contributed by atoms with E-state index in [4.69, 9.17) is 0 Å². The van der Waals surface area contributed by atoms with Gasteiger partial charge in [0, 0.05) is 18.1 Å². The third-order valence-corrected chi connectivity index (χ3v) is 3.12. The Morgan fingerprint density at radius 2 is 2.58 bits per heavy atom. The van der Waals surface area contributed by atoms with Crippen LogP contribution in [0.3, 0.4) is 0 Å². The van der Waals surface area contributed by atoms with E-state index >= 15 is 0 Å². The van der Waals surface area contributed by atoms with Crippen molar-refractivity contribution in [2.75, 3.05) is 23.9 Å². The zero-order valence-corrected chi connectivity index (χ0v) is 9.04. The molecular weight excluding hydrogens is 188 g/mol. The summed E-state index contributed by atoms with van der Waals surface area (Å²) in [5, 5.41) is 6.32. The Labute approximate surface area is 81.8 Å². The van der Waals surface area contributed by atoms with E-state index in [2.05, 4.69) is 23.5 Å². The van der Waals surface area contributed by atoms with Crippen molar-refractivity contribution in [2.24, 2.45) is 5.92 Å². The molecule has 0 bridgehead atoms. The summed E-state index contributed by atoms with van der Waals surface area (Å²) in [6.45, 7) is 3.27. The number of rotatable bonds is 5. The molecule has 0 fully saturated rings. The van der Waals surface area contributed by atoms with Crippen LogP contribution in [0.25, 0.3) is 0 Å². The van der Waals surface area contributed by atoms with E-state index in [9.17, 15) is 0 Å². The fourth-order valence-electron chi connectivity index (χ4n) is 0.916. The molecule has 0 amide bonds. The van der Waals surface area contributed by atoms with Gasteiger partial charge in [0.1, 0.15) is 0 Å². The molecule has 0 saturated heterocycles. The highest BCUT2D eigenvalue weighted by atomic mass is 32.2. The minimum absolute atomic E-state index is 0.712. The van der Waals surface area contributed by atoms with Gasteiger partial charge >= 0.3 is 0 Å². The molecule has 0 saturated carbocycles. The topological polar surface area (TPSA) is 24.9 Å². The van der Waals surface area contributed by atoms with Gasteiger partial charge in [-0.2, -0.15) is 11.8 Å². The van der Waals surface area contributed by atoms with Gasteiger partial charge in [0.2, 0.25) is 0 Å². The molecule has 0 aliphatic rings. The molecule has 4 heteroatoms. The van der Waals surface area contributed by atoms with E-state index in [1.165, 1.54) is 5.75 Å². The van der Waals surface area contributed by atoms with Gasteiger partial charge < -0.3 is 5.32 Å². The van der Waals surface area contributed by atoms with Crippen molar-refractivity contribution in [1.82, 2.24) is 4.98 Å². The summed E-state index contributed by atoms with van der Waals surface area (Å²) < 4.78 is 0. The van der Waals surface area contributed by atoms with Crippen molar-refractivity contribution in [1.29, 1.82) is 0 Å². The molecule has 0 spiro atoms. The zero-order valence-electron chi connectivity index (χ0n) is 7.41. The minimum Gasteiger partial charge on any atom is -0.361 e. The quantitative estimate of drug-likeness (QED) is 0.794. The van der Waals surface area contributed by atoms with Crippen LogP contribution in [0.15, 0.2) is 11.6 Å². The van der Waals surface area contributed by atoms with Crippen LogP contribution < -0.4 is 5.32 Å². The fourth-order valence-corrected chi connectivity index (χ4v) is 2.14. The highest BCUT2D eigenvalue weighted by Gasteiger charge is 2.00. The maximum absolute atomic E-state index is 4.15. The van der Waals surface area contributed by atoms with E-state index in [0.717, 1.165) is 11.7 Å². The fraction of sp³-hybridized carbons (Fsp3) is 0.625. The lowest BCUT2D eigenvalue weighted by Crippen LogP contribution is -2.12. The maximum Gasteiger partial charge on any atom is 0.182 e. The third-order valence-electron chi connectivity index (χ3n) is 1.49. The van der Waals surface area contributed by atoms with Gasteiger partial charge in [-0.05, 0) is 17.9 Å². The first-order valence-electron chi connectivity index (χ1n) is 3.95. The van der Waals surface area contributed by atoms with Gasteiger partial charge in [-0.3, -0.25) is 0 Å². The summed E-state index contributed by atoms with van der Waals surface area (Å²) in [5.74, 6) is 1.92. The molecular formula is C8H14N2S2. The van der Waals surface area contributed by atoms with Gasteiger partial charge in [0.15, 0.2) is 5.13 Å². The number of hydrogen-bond acceptors (Lipinski definition) is 4. The average Bonchev–Trinajstić information content (AvgIpc) is 2.53. The van der Waals surface area contributed by atoms with Crippen LogP contribution in [0.1, 0.15) is 6.92 Å². The molecule has 1 aromatic heterocycles. The van der Waals surface area contributed by atoms with Crippen LogP contribution in [0.5, 0.6) is 0 Å². The molecule has 1 N–H and O–H groups in total. The molecule has 1 unspecified atom stereocenters. The number of thioether (sulfide) groups is 1. The lowest BCUT2D eigenvalue weighted by Gasteiger charge is -2.09. The number of hydrogen-bond donors (Lipinski definition) is 1. The summed E-state index contributed by atoms with van der Waals surface area (Å²) in [7, 11) is 0. The first kappa shape index (κ1) is 9.86.